The van der Waals surface area contributed by atoms with Crippen LogP contribution in [0.3, 0.4) is 0 Å². The number of nitrogens with one attached hydrogen (secondary N) is 2. The summed E-state index contributed by atoms with van der Waals surface area (Å²) in [6.45, 7) is 0. The lowest BCUT2D eigenvalue weighted by atomic mass is 10.1. The van der Waals surface area contributed by atoms with E-state index in [1.807, 2.05) is 6.07 Å². The van der Waals surface area contributed by atoms with E-state index in [-0.39, 0.29) is 17.5 Å². The molecule has 0 spiro atoms. The first kappa shape index (κ1) is 19.2. The van der Waals surface area contributed by atoms with E-state index in [1.54, 1.807) is 54.6 Å². The number of fused-ring (bicyclic) bond motifs is 1. The predicted octanol–water partition coefficient (Wildman–Crippen LogP) is 4.71. The van der Waals surface area contributed by atoms with Crippen molar-refractivity contribution in [3.8, 4) is 0 Å². The van der Waals surface area contributed by atoms with Gasteiger partial charge < -0.3 is 5.32 Å². The van der Waals surface area contributed by atoms with E-state index < -0.39 is 4.92 Å². The largest absolute Gasteiger partial charge is 0.322 e. The first-order chi connectivity index (χ1) is 14.5. The van der Waals surface area contributed by atoms with E-state index in [1.165, 1.54) is 12.1 Å². The van der Waals surface area contributed by atoms with Crippen LogP contribution in [0.4, 0.5) is 16.5 Å². The van der Waals surface area contributed by atoms with Crippen molar-refractivity contribution in [2.24, 2.45) is 0 Å². The van der Waals surface area contributed by atoms with E-state index in [0.29, 0.717) is 32.2 Å². The van der Waals surface area contributed by atoms with Gasteiger partial charge in [-0.2, -0.15) is 0 Å². The standard InChI is InChI=1S/C21H14N4O4S/c26-19(13-4-2-1-3-5-13)22-15-8-6-14(7-9-15)20(27)24-21-23-17-11-10-16(25(28)29)12-18(17)30-21/h1-12H,(H,22,26)(H,23,24,27). The van der Waals surface area contributed by atoms with Crippen LogP contribution < -0.4 is 10.6 Å². The van der Waals surface area contributed by atoms with E-state index in [0.717, 1.165) is 11.3 Å². The molecule has 1 heterocycles. The fourth-order valence-electron chi connectivity index (χ4n) is 2.75. The molecule has 0 saturated heterocycles. The van der Waals surface area contributed by atoms with Crippen molar-refractivity contribution < 1.29 is 14.5 Å². The van der Waals surface area contributed by atoms with Gasteiger partial charge >= 0.3 is 0 Å². The summed E-state index contributed by atoms with van der Waals surface area (Å²) in [5.41, 5.74) is 2.03. The molecule has 0 aliphatic heterocycles. The van der Waals surface area contributed by atoms with Crippen LogP contribution in [0.15, 0.2) is 72.8 Å². The fraction of sp³-hybridized carbons (Fsp3) is 0. The molecule has 0 aliphatic carbocycles. The van der Waals surface area contributed by atoms with Crippen LogP contribution in [0, 0.1) is 10.1 Å². The molecule has 4 rings (SSSR count). The number of amides is 2. The quantitative estimate of drug-likeness (QED) is 0.360. The van der Waals surface area contributed by atoms with Gasteiger partial charge in [-0.3, -0.25) is 25.0 Å². The van der Waals surface area contributed by atoms with Crippen LogP contribution in [-0.4, -0.2) is 21.7 Å². The number of nitrogens with zero attached hydrogens (tertiary/aromatic N) is 2. The Labute approximate surface area is 174 Å². The average molecular weight is 418 g/mol. The van der Waals surface area contributed by atoms with Crippen LogP contribution in [0.5, 0.6) is 0 Å². The van der Waals surface area contributed by atoms with Crippen LogP contribution in [0.25, 0.3) is 10.2 Å². The molecule has 8 nitrogen and oxygen atoms in total. The Hall–Kier alpha value is -4.11. The molecule has 0 unspecified atom stereocenters. The number of nitro groups is 1. The summed E-state index contributed by atoms with van der Waals surface area (Å²) in [6.07, 6.45) is 0. The van der Waals surface area contributed by atoms with Gasteiger partial charge in [0.05, 0.1) is 15.1 Å². The molecule has 3 aromatic carbocycles. The molecule has 9 heteroatoms. The maximum absolute atomic E-state index is 12.5. The molecule has 0 bridgehead atoms. The number of thiazole rings is 1. The highest BCUT2D eigenvalue weighted by molar-refractivity contribution is 7.22. The van der Waals surface area contributed by atoms with Crippen molar-refractivity contribution >= 4 is 49.9 Å². The number of carbonyl (C=O) groups is 2. The van der Waals surface area contributed by atoms with Crippen molar-refractivity contribution in [3.63, 3.8) is 0 Å². The second kappa shape index (κ2) is 8.10. The fourth-order valence-corrected chi connectivity index (χ4v) is 3.64. The van der Waals surface area contributed by atoms with Gasteiger partial charge in [-0.25, -0.2) is 4.98 Å². The van der Waals surface area contributed by atoms with Crippen LogP contribution in [-0.2, 0) is 0 Å². The molecule has 2 N–H and O–H groups in total. The Kier molecular flexibility index (Phi) is 5.19. The van der Waals surface area contributed by atoms with Crippen molar-refractivity contribution in [2.75, 3.05) is 10.6 Å². The molecule has 0 aliphatic rings. The maximum Gasteiger partial charge on any atom is 0.270 e. The van der Waals surface area contributed by atoms with Gasteiger partial charge in [0.2, 0.25) is 0 Å². The predicted molar refractivity (Wildman–Crippen MR) is 115 cm³/mol. The molecule has 0 saturated carbocycles. The van der Waals surface area contributed by atoms with Gasteiger partial charge in [0.25, 0.3) is 17.5 Å². The van der Waals surface area contributed by atoms with Crippen LogP contribution >= 0.6 is 11.3 Å². The third kappa shape index (κ3) is 4.15. The van der Waals surface area contributed by atoms with Gasteiger partial charge in [0, 0.05) is 28.9 Å². The highest BCUT2D eigenvalue weighted by Gasteiger charge is 2.13. The number of aromatic nitrogens is 1. The third-order valence-electron chi connectivity index (χ3n) is 4.24. The normalized spacial score (nSPS) is 10.5. The number of anilines is 2. The summed E-state index contributed by atoms with van der Waals surface area (Å²) in [6, 6.07) is 19.6. The van der Waals surface area contributed by atoms with E-state index in [2.05, 4.69) is 15.6 Å². The second-order valence-electron chi connectivity index (χ2n) is 6.28. The second-order valence-corrected chi connectivity index (χ2v) is 7.31. The van der Waals surface area contributed by atoms with Gasteiger partial charge in [0.1, 0.15) is 0 Å². The number of non-ortho nitro benzene ring substituents is 1. The van der Waals surface area contributed by atoms with Crippen molar-refractivity contribution in [2.45, 2.75) is 0 Å². The monoisotopic (exact) mass is 418 g/mol. The SMILES string of the molecule is O=C(Nc1ccc(C(=O)Nc2nc3ccc([N+](=O)[O-])cc3s2)cc1)c1ccccc1. The molecule has 0 radical (unpaired) electrons. The highest BCUT2D eigenvalue weighted by atomic mass is 32.1. The summed E-state index contributed by atoms with van der Waals surface area (Å²) in [5, 5.41) is 16.7. The maximum atomic E-state index is 12.5. The zero-order valence-electron chi connectivity index (χ0n) is 15.4. The minimum absolute atomic E-state index is 0.0304. The number of rotatable bonds is 5. The summed E-state index contributed by atoms with van der Waals surface area (Å²) in [4.78, 5) is 39.3. The summed E-state index contributed by atoms with van der Waals surface area (Å²) in [7, 11) is 0. The Balaban J connectivity index is 1.44. The smallest absolute Gasteiger partial charge is 0.270 e. The van der Waals surface area contributed by atoms with Gasteiger partial charge in [0.15, 0.2) is 5.13 Å². The number of benzene rings is 3. The average Bonchev–Trinajstić information content (AvgIpc) is 3.16. The topological polar surface area (TPSA) is 114 Å². The number of hydrogen-bond acceptors (Lipinski definition) is 6. The first-order valence-electron chi connectivity index (χ1n) is 8.82. The van der Waals surface area contributed by atoms with Crippen LogP contribution in [0.2, 0.25) is 0 Å². The zero-order valence-corrected chi connectivity index (χ0v) is 16.2. The number of carbonyl (C=O) groups excluding carboxylic acids is 2. The Morgan fingerprint density at radius 3 is 2.23 bits per heavy atom. The summed E-state index contributed by atoms with van der Waals surface area (Å²) < 4.78 is 0.610. The van der Waals surface area contributed by atoms with Crippen LogP contribution in [0.1, 0.15) is 20.7 Å². The lowest BCUT2D eigenvalue weighted by Gasteiger charge is -2.06. The molecule has 0 atom stereocenters. The Morgan fingerprint density at radius 2 is 1.53 bits per heavy atom. The van der Waals surface area contributed by atoms with Gasteiger partial charge in [-0.05, 0) is 42.5 Å². The lowest BCUT2D eigenvalue weighted by molar-refractivity contribution is -0.384. The van der Waals surface area contributed by atoms with Crippen molar-refractivity contribution in [1.29, 1.82) is 0 Å². The zero-order chi connectivity index (χ0) is 21.1. The summed E-state index contributed by atoms with van der Waals surface area (Å²) in [5.74, 6) is -0.610. The Morgan fingerprint density at radius 1 is 0.867 bits per heavy atom. The summed E-state index contributed by atoms with van der Waals surface area (Å²) >= 11 is 1.16. The minimum atomic E-state index is -0.477. The molecule has 0 fully saturated rings. The molecule has 4 aromatic rings. The molecule has 30 heavy (non-hydrogen) atoms. The molecular weight excluding hydrogens is 404 g/mol. The Bertz CT molecular complexity index is 1250. The van der Waals surface area contributed by atoms with Gasteiger partial charge in [-0.15, -0.1) is 0 Å². The minimum Gasteiger partial charge on any atom is -0.322 e. The third-order valence-corrected chi connectivity index (χ3v) is 5.18. The first-order valence-corrected chi connectivity index (χ1v) is 9.64. The lowest BCUT2D eigenvalue weighted by Crippen LogP contribution is -2.13. The van der Waals surface area contributed by atoms with Crippen molar-refractivity contribution in [3.05, 3.63) is 94.0 Å². The van der Waals surface area contributed by atoms with E-state index >= 15 is 0 Å². The highest BCUT2D eigenvalue weighted by Crippen LogP contribution is 2.29. The number of hydrogen-bond donors (Lipinski definition) is 2. The molecule has 1 aromatic heterocycles. The molecule has 148 valence electrons. The van der Waals surface area contributed by atoms with E-state index in [4.69, 9.17) is 0 Å². The van der Waals surface area contributed by atoms with Gasteiger partial charge in [-0.1, -0.05) is 29.5 Å². The number of nitro benzene ring substituents is 1. The van der Waals surface area contributed by atoms with Crippen molar-refractivity contribution in [1.82, 2.24) is 4.98 Å². The van der Waals surface area contributed by atoms with E-state index in [9.17, 15) is 19.7 Å². The molecular formula is C21H14N4O4S. The molecule has 2 amide bonds.